The van der Waals surface area contributed by atoms with Crippen molar-refractivity contribution in [3.8, 4) is 16.9 Å². The first-order valence-electron chi connectivity index (χ1n) is 8.55. The lowest BCUT2D eigenvalue weighted by atomic mass is 9.98. The van der Waals surface area contributed by atoms with Crippen molar-refractivity contribution in [3.05, 3.63) is 83.9 Å². The van der Waals surface area contributed by atoms with E-state index in [-0.39, 0.29) is 11.5 Å². The number of rotatable bonds is 6. The van der Waals surface area contributed by atoms with Crippen LogP contribution in [0.25, 0.3) is 11.1 Å². The SMILES string of the molecule is CCOc1ccc(NC(=O)c2cccc(-c3ccccc3C(=O)O)c2)cc1. The summed E-state index contributed by atoms with van der Waals surface area (Å²) in [5.41, 5.74) is 2.54. The van der Waals surface area contributed by atoms with Gasteiger partial charge in [-0.3, -0.25) is 4.79 Å². The van der Waals surface area contributed by atoms with Crippen LogP contribution in [0, 0.1) is 0 Å². The molecule has 0 aliphatic rings. The first-order valence-corrected chi connectivity index (χ1v) is 8.55. The molecule has 0 heterocycles. The molecule has 0 saturated heterocycles. The van der Waals surface area contributed by atoms with Crippen LogP contribution in [0.2, 0.25) is 0 Å². The van der Waals surface area contributed by atoms with Crippen LogP contribution in [0.4, 0.5) is 5.69 Å². The summed E-state index contributed by atoms with van der Waals surface area (Å²) >= 11 is 0. The van der Waals surface area contributed by atoms with Crippen molar-refractivity contribution in [1.29, 1.82) is 0 Å². The summed E-state index contributed by atoms with van der Waals surface area (Å²) in [4.78, 5) is 24.0. The summed E-state index contributed by atoms with van der Waals surface area (Å²) in [6, 6.07) is 20.7. The average Bonchev–Trinajstić information content (AvgIpc) is 2.69. The van der Waals surface area contributed by atoms with E-state index in [2.05, 4.69) is 5.32 Å². The number of hydrogen-bond acceptors (Lipinski definition) is 3. The highest BCUT2D eigenvalue weighted by molar-refractivity contribution is 6.05. The van der Waals surface area contributed by atoms with Crippen molar-refractivity contribution in [2.24, 2.45) is 0 Å². The first-order chi connectivity index (χ1) is 13.1. The van der Waals surface area contributed by atoms with E-state index >= 15 is 0 Å². The predicted molar refractivity (Wildman–Crippen MR) is 104 cm³/mol. The number of benzene rings is 3. The minimum Gasteiger partial charge on any atom is -0.494 e. The van der Waals surface area contributed by atoms with Crippen molar-refractivity contribution in [3.63, 3.8) is 0 Å². The molecule has 0 aliphatic carbocycles. The molecule has 5 nitrogen and oxygen atoms in total. The summed E-state index contributed by atoms with van der Waals surface area (Å²) in [5, 5.41) is 12.2. The third kappa shape index (κ3) is 4.33. The van der Waals surface area contributed by atoms with Gasteiger partial charge in [-0.15, -0.1) is 0 Å². The monoisotopic (exact) mass is 361 g/mol. The Morgan fingerprint density at radius 1 is 0.963 bits per heavy atom. The van der Waals surface area contributed by atoms with Crippen LogP contribution < -0.4 is 10.1 Å². The lowest BCUT2D eigenvalue weighted by Crippen LogP contribution is -2.12. The van der Waals surface area contributed by atoms with Gasteiger partial charge in [0.05, 0.1) is 12.2 Å². The van der Waals surface area contributed by atoms with Gasteiger partial charge in [-0.05, 0) is 60.5 Å². The molecule has 1 amide bonds. The Bertz CT molecular complexity index is 964. The molecule has 0 aromatic heterocycles. The lowest BCUT2D eigenvalue weighted by Gasteiger charge is -2.10. The van der Waals surface area contributed by atoms with Gasteiger partial charge in [0.1, 0.15) is 5.75 Å². The van der Waals surface area contributed by atoms with E-state index in [0.29, 0.717) is 29.0 Å². The number of carboxylic acids is 1. The fraction of sp³-hybridized carbons (Fsp3) is 0.0909. The van der Waals surface area contributed by atoms with Gasteiger partial charge in [0.25, 0.3) is 5.91 Å². The molecule has 3 rings (SSSR count). The number of aromatic carboxylic acids is 1. The maximum atomic E-state index is 12.6. The number of amides is 1. The quantitative estimate of drug-likeness (QED) is 0.667. The van der Waals surface area contributed by atoms with E-state index in [0.717, 1.165) is 5.75 Å². The first kappa shape index (κ1) is 18.2. The van der Waals surface area contributed by atoms with E-state index in [1.54, 1.807) is 72.8 Å². The van der Waals surface area contributed by atoms with E-state index in [9.17, 15) is 14.7 Å². The Morgan fingerprint density at radius 2 is 1.70 bits per heavy atom. The smallest absolute Gasteiger partial charge is 0.336 e. The molecule has 0 aliphatic heterocycles. The molecule has 27 heavy (non-hydrogen) atoms. The zero-order valence-corrected chi connectivity index (χ0v) is 14.8. The third-order valence-electron chi connectivity index (χ3n) is 4.02. The molecule has 5 heteroatoms. The normalized spacial score (nSPS) is 10.3. The van der Waals surface area contributed by atoms with Gasteiger partial charge >= 0.3 is 5.97 Å². The second-order valence-electron chi connectivity index (χ2n) is 5.84. The van der Waals surface area contributed by atoms with E-state index in [1.807, 2.05) is 6.92 Å². The summed E-state index contributed by atoms with van der Waals surface area (Å²) in [6.07, 6.45) is 0. The molecule has 136 valence electrons. The molecule has 0 fully saturated rings. The summed E-state index contributed by atoms with van der Waals surface area (Å²) in [5.74, 6) is -0.536. The number of carbonyl (C=O) groups excluding carboxylic acids is 1. The van der Waals surface area contributed by atoms with Gasteiger partial charge in [0.15, 0.2) is 0 Å². The molecule has 0 bridgehead atoms. The van der Waals surface area contributed by atoms with Crippen LogP contribution in [0.3, 0.4) is 0 Å². The molecule has 0 spiro atoms. The molecule has 3 aromatic carbocycles. The Kier molecular flexibility index (Phi) is 5.52. The standard InChI is InChI=1S/C22H19NO4/c1-2-27-18-12-10-17(11-13-18)23-21(24)16-7-5-6-15(14-16)19-8-3-4-9-20(19)22(25)26/h3-14H,2H2,1H3,(H,23,24)(H,25,26). The summed E-state index contributed by atoms with van der Waals surface area (Å²) < 4.78 is 5.39. The maximum absolute atomic E-state index is 12.6. The number of ether oxygens (including phenoxy) is 1. The van der Waals surface area contributed by atoms with Crippen LogP contribution in [-0.4, -0.2) is 23.6 Å². The fourth-order valence-corrected chi connectivity index (χ4v) is 2.75. The van der Waals surface area contributed by atoms with E-state index in [4.69, 9.17) is 4.74 Å². The van der Waals surface area contributed by atoms with Crippen molar-refractivity contribution in [1.82, 2.24) is 0 Å². The largest absolute Gasteiger partial charge is 0.494 e. The summed E-state index contributed by atoms with van der Waals surface area (Å²) in [7, 11) is 0. The zero-order chi connectivity index (χ0) is 19.2. The summed E-state index contributed by atoms with van der Waals surface area (Å²) in [6.45, 7) is 2.49. The minimum absolute atomic E-state index is 0.196. The number of anilines is 1. The number of hydrogen-bond donors (Lipinski definition) is 2. The second kappa shape index (κ2) is 8.19. The van der Waals surface area contributed by atoms with Crippen LogP contribution in [0.1, 0.15) is 27.6 Å². The molecule has 3 aromatic rings. The van der Waals surface area contributed by atoms with Gasteiger partial charge in [0.2, 0.25) is 0 Å². The van der Waals surface area contributed by atoms with Crippen LogP contribution in [-0.2, 0) is 0 Å². The third-order valence-corrected chi connectivity index (χ3v) is 4.02. The van der Waals surface area contributed by atoms with E-state index < -0.39 is 5.97 Å². The Morgan fingerprint density at radius 3 is 2.41 bits per heavy atom. The van der Waals surface area contributed by atoms with Gasteiger partial charge in [-0.2, -0.15) is 0 Å². The van der Waals surface area contributed by atoms with Crippen LogP contribution >= 0.6 is 0 Å². The van der Waals surface area contributed by atoms with Gasteiger partial charge in [-0.1, -0.05) is 30.3 Å². The number of carbonyl (C=O) groups is 2. The molecule has 0 atom stereocenters. The molecule has 2 N–H and O–H groups in total. The van der Waals surface area contributed by atoms with Crippen molar-refractivity contribution in [2.75, 3.05) is 11.9 Å². The van der Waals surface area contributed by atoms with Gasteiger partial charge in [0, 0.05) is 11.3 Å². The second-order valence-corrected chi connectivity index (χ2v) is 5.84. The Hall–Kier alpha value is -3.60. The number of nitrogens with one attached hydrogen (secondary N) is 1. The van der Waals surface area contributed by atoms with Gasteiger partial charge < -0.3 is 15.2 Å². The van der Waals surface area contributed by atoms with Crippen molar-refractivity contribution >= 4 is 17.6 Å². The molecule has 0 unspecified atom stereocenters. The predicted octanol–water partition coefficient (Wildman–Crippen LogP) is 4.70. The molecular weight excluding hydrogens is 342 g/mol. The average molecular weight is 361 g/mol. The fourth-order valence-electron chi connectivity index (χ4n) is 2.75. The van der Waals surface area contributed by atoms with Gasteiger partial charge in [-0.25, -0.2) is 4.79 Å². The minimum atomic E-state index is -1.00. The highest BCUT2D eigenvalue weighted by Gasteiger charge is 2.13. The Labute approximate surface area is 157 Å². The zero-order valence-electron chi connectivity index (χ0n) is 14.8. The molecule has 0 saturated carbocycles. The highest BCUT2D eigenvalue weighted by atomic mass is 16.5. The highest BCUT2D eigenvalue weighted by Crippen LogP contribution is 2.25. The lowest BCUT2D eigenvalue weighted by molar-refractivity contribution is 0.0697. The van der Waals surface area contributed by atoms with Crippen LogP contribution in [0.15, 0.2) is 72.8 Å². The molecule has 0 radical (unpaired) electrons. The Balaban J connectivity index is 1.83. The van der Waals surface area contributed by atoms with Crippen molar-refractivity contribution in [2.45, 2.75) is 6.92 Å². The van der Waals surface area contributed by atoms with Crippen LogP contribution in [0.5, 0.6) is 5.75 Å². The number of carboxylic acid groups (broad SMARTS) is 1. The topological polar surface area (TPSA) is 75.6 Å². The van der Waals surface area contributed by atoms with Crippen molar-refractivity contribution < 1.29 is 19.4 Å². The van der Waals surface area contributed by atoms with E-state index in [1.165, 1.54) is 0 Å². The molecular formula is C22H19NO4. The maximum Gasteiger partial charge on any atom is 0.336 e.